The van der Waals surface area contributed by atoms with Gasteiger partial charge in [0.1, 0.15) is 0 Å². The Bertz CT molecular complexity index is 126. The second-order valence-electron chi connectivity index (χ2n) is 3.43. The number of nitrogens with zero attached hydrogens (tertiary/aromatic N) is 2. The van der Waals surface area contributed by atoms with Crippen LogP contribution in [0.25, 0.3) is 0 Å². The highest BCUT2D eigenvalue weighted by molar-refractivity contribution is 4.78. The third kappa shape index (κ3) is 2.95. The van der Waals surface area contributed by atoms with E-state index in [1.165, 1.54) is 39.1 Å². The van der Waals surface area contributed by atoms with Gasteiger partial charge in [-0.25, -0.2) is 0 Å². The Morgan fingerprint density at radius 3 is 2.25 bits per heavy atom. The largest absolute Gasteiger partial charge is 0.301 e. The molecule has 0 saturated carbocycles. The molecule has 1 heterocycles. The molecule has 0 aromatic heterocycles. The number of hydrogen-bond acceptors (Lipinski definition) is 2. The maximum Gasteiger partial charge on any atom is 0.0161 e. The Morgan fingerprint density at radius 1 is 1.17 bits per heavy atom. The second-order valence-corrected chi connectivity index (χ2v) is 3.43. The average Bonchev–Trinajstić information content (AvgIpc) is 2.09. The van der Waals surface area contributed by atoms with Crippen LogP contribution in [0, 0.1) is 0 Å². The van der Waals surface area contributed by atoms with Crippen LogP contribution in [-0.2, 0) is 0 Å². The molecule has 0 aromatic carbocycles. The van der Waals surface area contributed by atoms with E-state index < -0.39 is 0 Å². The van der Waals surface area contributed by atoms with Crippen LogP contribution in [-0.4, -0.2) is 49.1 Å². The molecular formula is C10H20N2. The molecule has 0 atom stereocenters. The number of piperazine rings is 1. The summed E-state index contributed by atoms with van der Waals surface area (Å²) in [7, 11) is 0. The van der Waals surface area contributed by atoms with Crippen molar-refractivity contribution >= 4 is 0 Å². The van der Waals surface area contributed by atoms with Gasteiger partial charge in [0.15, 0.2) is 0 Å². The normalized spacial score (nSPS) is 21.1. The number of hydrogen-bond donors (Lipinski definition) is 0. The van der Waals surface area contributed by atoms with Crippen LogP contribution in [0.5, 0.6) is 0 Å². The lowest BCUT2D eigenvalue weighted by Crippen LogP contribution is -2.46. The zero-order valence-electron chi connectivity index (χ0n) is 8.13. The van der Waals surface area contributed by atoms with Gasteiger partial charge in [-0.3, -0.25) is 4.90 Å². The van der Waals surface area contributed by atoms with Crippen molar-refractivity contribution in [1.82, 2.24) is 9.80 Å². The molecule has 0 aliphatic carbocycles. The van der Waals surface area contributed by atoms with Crippen LogP contribution >= 0.6 is 0 Å². The summed E-state index contributed by atoms with van der Waals surface area (Å²) in [6.45, 7) is 13.2. The minimum atomic E-state index is 1.06. The molecule has 0 spiro atoms. The first kappa shape index (κ1) is 9.75. The minimum Gasteiger partial charge on any atom is -0.301 e. The van der Waals surface area contributed by atoms with Gasteiger partial charge in [0.05, 0.1) is 0 Å². The molecule has 1 aliphatic heterocycles. The van der Waals surface area contributed by atoms with E-state index >= 15 is 0 Å². The predicted molar refractivity (Wildman–Crippen MR) is 53.4 cm³/mol. The highest BCUT2D eigenvalue weighted by atomic mass is 15.3. The molecule has 0 unspecified atom stereocenters. The zero-order valence-corrected chi connectivity index (χ0v) is 8.13. The summed E-state index contributed by atoms with van der Waals surface area (Å²) in [6, 6.07) is 0. The monoisotopic (exact) mass is 168 g/mol. The SMILES string of the molecule is C=CCN1CCN(CCC)CC1. The molecule has 2 heteroatoms. The van der Waals surface area contributed by atoms with Gasteiger partial charge in [-0.15, -0.1) is 6.58 Å². The van der Waals surface area contributed by atoms with E-state index in [2.05, 4.69) is 23.3 Å². The molecule has 0 bridgehead atoms. The fourth-order valence-corrected chi connectivity index (χ4v) is 1.69. The smallest absolute Gasteiger partial charge is 0.0161 e. The van der Waals surface area contributed by atoms with Crippen molar-refractivity contribution in [1.29, 1.82) is 0 Å². The van der Waals surface area contributed by atoms with Crippen molar-refractivity contribution in [3.8, 4) is 0 Å². The molecule has 0 aromatic rings. The second kappa shape index (κ2) is 5.33. The Hall–Kier alpha value is -0.340. The highest BCUT2D eigenvalue weighted by Crippen LogP contribution is 2.01. The average molecular weight is 168 g/mol. The van der Waals surface area contributed by atoms with Crippen molar-refractivity contribution in [2.75, 3.05) is 39.3 Å². The van der Waals surface area contributed by atoms with E-state index in [-0.39, 0.29) is 0 Å². The molecule has 1 saturated heterocycles. The Labute approximate surface area is 75.8 Å². The van der Waals surface area contributed by atoms with E-state index in [4.69, 9.17) is 0 Å². The summed E-state index contributed by atoms with van der Waals surface area (Å²) >= 11 is 0. The fourth-order valence-electron chi connectivity index (χ4n) is 1.69. The van der Waals surface area contributed by atoms with Gasteiger partial charge in [0.2, 0.25) is 0 Å². The predicted octanol–water partition coefficient (Wildman–Crippen LogP) is 1.20. The van der Waals surface area contributed by atoms with Crippen LogP contribution in [0.15, 0.2) is 12.7 Å². The Balaban J connectivity index is 2.15. The summed E-state index contributed by atoms with van der Waals surface area (Å²) in [5.74, 6) is 0. The van der Waals surface area contributed by atoms with Crippen LogP contribution in [0.4, 0.5) is 0 Å². The third-order valence-electron chi connectivity index (χ3n) is 2.39. The molecule has 12 heavy (non-hydrogen) atoms. The molecule has 0 radical (unpaired) electrons. The first-order chi connectivity index (χ1) is 5.86. The van der Waals surface area contributed by atoms with Gasteiger partial charge in [-0.2, -0.15) is 0 Å². The van der Waals surface area contributed by atoms with Crippen LogP contribution < -0.4 is 0 Å². The first-order valence-electron chi connectivity index (χ1n) is 4.92. The summed E-state index contributed by atoms with van der Waals surface area (Å²) in [5.41, 5.74) is 0. The van der Waals surface area contributed by atoms with Gasteiger partial charge in [-0.05, 0) is 13.0 Å². The van der Waals surface area contributed by atoms with E-state index in [0.29, 0.717) is 0 Å². The van der Waals surface area contributed by atoms with Crippen LogP contribution in [0.2, 0.25) is 0 Å². The van der Waals surface area contributed by atoms with Gasteiger partial charge in [0, 0.05) is 32.7 Å². The van der Waals surface area contributed by atoms with Crippen LogP contribution in [0.3, 0.4) is 0 Å². The van der Waals surface area contributed by atoms with Crippen molar-refractivity contribution in [3.05, 3.63) is 12.7 Å². The number of rotatable bonds is 4. The fraction of sp³-hybridized carbons (Fsp3) is 0.800. The van der Waals surface area contributed by atoms with Gasteiger partial charge < -0.3 is 4.90 Å². The zero-order chi connectivity index (χ0) is 8.81. The molecule has 2 nitrogen and oxygen atoms in total. The van der Waals surface area contributed by atoms with Gasteiger partial charge >= 0.3 is 0 Å². The molecule has 1 rings (SSSR count). The summed E-state index contributed by atoms with van der Waals surface area (Å²) in [6.07, 6.45) is 3.27. The molecular weight excluding hydrogens is 148 g/mol. The molecule has 70 valence electrons. The van der Waals surface area contributed by atoms with E-state index in [1.54, 1.807) is 0 Å². The van der Waals surface area contributed by atoms with Gasteiger partial charge in [-0.1, -0.05) is 13.0 Å². The van der Waals surface area contributed by atoms with Crippen molar-refractivity contribution in [2.45, 2.75) is 13.3 Å². The van der Waals surface area contributed by atoms with E-state index in [1.807, 2.05) is 6.08 Å². The molecule has 1 fully saturated rings. The lowest BCUT2D eigenvalue weighted by Gasteiger charge is -2.33. The quantitative estimate of drug-likeness (QED) is 0.582. The van der Waals surface area contributed by atoms with E-state index in [9.17, 15) is 0 Å². The first-order valence-corrected chi connectivity index (χ1v) is 4.92. The molecule has 0 N–H and O–H groups in total. The Kier molecular flexibility index (Phi) is 4.33. The minimum absolute atomic E-state index is 1.06. The highest BCUT2D eigenvalue weighted by Gasteiger charge is 2.13. The molecule has 1 aliphatic rings. The summed E-state index contributed by atoms with van der Waals surface area (Å²) in [4.78, 5) is 5.00. The van der Waals surface area contributed by atoms with Crippen molar-refractivity contribution < 1.29 is 0 Å². The van der Waals surface area contributed by atoms with Crippen LogP contribution in [0.1, 0.15) is 13.3 Å². The standard InChI is InChI=1S/C10H20N2/c1-3-5-11-7-9-12(6-4-2)10-8-11/h3H,1,4-10H2,2H3. The van der Waals surface area contributed by atoms with Crippen molar-refractivity contribution in [2.24, 2.45) is 0 Å². The maximum atomic E-state index is 3.75. The summed E-state index contributed by atoms with van der Waals surface area (Å²) < 4.78 is 0. The summed E-state index contributed by atoms with van der Waals surface area (Å²) in [5, 5.41) is 0. The van der Waals surface area contributed by atoms with Gasteiger partial charge in [0.25, 0.3) is 0 Å². The molecule has 0 amide bonds. The lowest BCUT2D eigenvalue weighted by atomic mass is 10.3. The lowest BCUT2D eigenvalue weighted by molar-refractivity contribution is 0.143. The maximum absolute atomic E-state index is 3.75. The van der Waals surface area contributed by atoms with Crippen molar-refractivity contribution in [3.63, 3.8) is 0 Å². The van der Waals surface area contributed by atoms with E-state index in [0.717, 1.165) is 6.54 Å². The Morgan fingerprint density at radius 2 is 1.75 bits per heavy atom. The topological polar surface area (TPSA) is 6.48 Å². The third-order valence-corrected chi connectivity index (χ3v) is 2.39.